The molecular formula is C23H35N3O3Si. The second-order valence-electron chi connectivity index (χ2n) is 9.72. The second-order valence-corrected chi connectivity index (χ2v) is 14.5. The van der Waals surface area contributed by atoms with Crippen molar-refractivity contribution in [3.05, 3.63) is 46.2 Å². The zero-order valence-electron chi connectivity index (χ0n) is 19.2. The first-order chi connectivity index (χ1) is 14.0. The van der Waals surface area contributed by atoms with Gasteiger partial charge in [0.05, 0.1) is 11.1 Å². The second kappa shape index (κ2) is 8.65. The number of amides is 1. The number of rotatable bonds is 5. The van der Waals surface area contributed by atoms with E-state index < -0.39 is 8.32 Å². The number of pyridine rings is 1. The normalized spacial score (nSPS) is 16.3. The van der Waals surface area contributed by atoms with E-state index in [0.717, 1.165) is 37.1 Å². The number of piperazine rings is 1. The van der Waals surface area contributed by atoms with Crippen LogP contribution in [0.3, 0.4) is 0 Å². The molecule has 0 N–H and O–H groups in total. The van der Waals surface area contributed by atoms with Crippen molar-refractivity contribution in [3.63, 3.8) is 0 Å². The maximum absolute atomic E-state index is 13.2. The Hall–Kier alpha value is -1.96. The van der Waals surface area contributed by atoms with Crippen molar-refractivity contribution in [3.8, 4) is 0 Å². The van der Waals surface area contributed by atoms with Gasteiger partial charge in [-0.2, -0.15) is 0 Å². The summed E-state index contributed by atoms with van der Waals surface area (Å²) in [6.45, 7) is 15.9. The van der Waals surface area contributed by atoms with Gasteiger partial charge < -0.3 is 13.9 Å². The van der Waals surface area contributed by atoms with E-state index in [1.54, 1.807) is 11.6 Å². The van der Waals surface area contributed by atoms with Gasteiger partial charge >= 0.3 is 0 Å². The highest BCUT2D eigenvalue weighted by atomic mass is 28.4. The third-order valence-corrected chi connectivity index (χ3v) is 11.3. The van der Waals surface area contributed by atoms with Crippen LogP contribution in [0.15, 0.2) is 35.1 Å². The van der Waals surface area contributed by atoms with E-state index in [-0.39, 0.29) is 16.5 Å². The van der Waals surface area contributed by atoms with E-state index in [9.17, 15) is 9.59 Å². The van der Waals surface area contributed by atoms with Gasteiger partial charge in [-0.3, -0.25) is 14.5 Å². The molecule has 1 amide bonds. The first-order valence-corrected chi connectivity index (χ1v) is 13.7. The Kier molecular flexibility index (Phi) is 6.55. The highest BCUT2D eigenvalue weighted by molar-refractivity contribution is 6.74. The number of hydrogen-bond donors (Lipinski definition) is 0. The van der Waals surface area contributed by atoms with Crippen LogP contribution in [0.5, 0.6) is 0 Å². The Morgan fingerprint density at radius 3 is 2.37 bits per heavy atom. The Labute approximate surface area is 180 Å². The molecule has 1 aliphatic heterocycles. The molecule has 1 aromatic heterocycles. The Morgan fingerprint density at radius 2 is 1.73 bits per heavy atom. The molecule has 0 unspecified atom stereocenters. The van der Waals surface area contributed by atoms with Gasteiger partial charge in [0.2, 0.25) is 0 Å². The molecule has 30 heavy (non-hydrogen) atoms. The van der Waals surface area contributed by atoms with Crippen LogP contribution in [-0.2, 0) is 11.5 Å². The summed E-state index contributed by atoms with van der Waals surface area (Å²) >= 11 is 0. The molecule has 0 bridgehead atoms. The van der Waals surface area contributed by atoms with Crippen LogP contribution in [0.4, 0.5) is 0 Å². The molecule has 1 fully saturated rings. The highest BCUT2D eigenvalue weighted by Gasteiger charge is 2.37. The number of aromatic nitrogens is 1. The quantitative estimate of drug-likeness (QED) is 0.684. The van der Waals surface area contributed by atoms with Crippen molar-refractivity contribution < 1.29 is 9.22 Å². The summed E-state index contributed by atoms with van der Waals surface area (Å²) in [6, 6.07) is 9.07. The number of carbonyl (C=O) groups is 1. The van der Waals surface area contributed by atoms with Gasteiger partial charge in [-0.05, 0) is 24.2 Å². The average Bonchev–Trinajstić information content (AvgIpc) is 2.70. The molecule has 7 heteroatoms. The molecule has 0 radical (unpaired) electrons. The van der Waals surface area contributed by atoms with Crippen LogP contribution in [-0.4, -0.2) is 67.9 Å². The van der Waals surface area contributed by atoms with Crippen molar-refractivity contribution in [2.24, 2.45) is 7.05 Å². The van der Waals surface area contributed by atoms with Gasteiger partial charge in [-0.15, -0.1) is 0 Å². The van der Waals surface area contributed by atoms with Crippen LogP contribution in [0.25, 0.3) is 10.9 Å². The predicted octanol–water partition coefficient (Wildman–Crippen LogP) is 3.32. The lowest BCUT2D eigenvalue weighted by Crippen LogP contribution is -2.50. The van der Waals surface area contributed by atoms with E-state index in [4.69, 9.17) is 4.43 Å². The van der Waals surface area contributed by atoms with Crippen molar-refractivity contribution in [2.45, 2.75) is 38.9 Å². The number of fused-ring (bicyclic) bond motifs is 1. The Morgan fingerprint density at radius 1 is 1.10 bits per heavy atom. The van der Waals surface area contributed by atoms with Gasteiger partial charge in [0, 0.05) is 57.8 Å². The van der Waals surface area contributed by atoms with E-state index in [0.29, 0.717) is 18.7 Å². The van der Waals surface area contributed by atoms with E-state index in [1.807, 2.05) is 29.2 Å². The fraction of sp³-hybridized carbons (Fsp3) is 0.565. The molecule has 1 aliphatic rings. The van der Waals surface area contributed by atoms with Crippen LogP contribution in [0, 0.1) is 0 Å². The number of aryl methyl sites for hydroxylation is 1. The molecule has 6 nitrogen and oxygen atoms in total. The van der Waals surface area contributed by atoms with Gasteiger partial charge in [0.25, 0.3) is 11.5 Å². The molecule has 3 rings (SSSR count). The standard InChI is InChI=1S/C23H35N3O3Si/c1-23(2,3)30(5,6)29-16-15-25-11-13-26(14-12-25)22(28)19-17-21(27)24(4)20-10-8-7-9-18(19)20/h7-10,17H,11-16H2,1-6H3. The zero-order valence-corrected chi connectivity index (χ0v) is 20.2. The number of para-hydroxylation sites is 1. The molecule has 1 aromatic carbocycles. The third kappa shape index (κ3) is 4.68. The van der Waals surface area contributed by atoms with Crippen LogP contribution < -0.4 is 5.56 Å². The summed E-state index contributed by atoms with van der Waals surface area (Å²) in [6.07, 6.45) is 0. The van der Waals surface area contributed by atoms with E-state index in [1.165, 1.54) is 6.07 Å². The predicted molar refractivity (Wildman–Crippen MR) is 125 cm³/mol. The fourth-order valence-electron chi connectivity index (χ4n) is 3.58. The fourth-order valence-corrected chi connectivity index (χ4v) is 4.61. The van der Waals surface area contributed by atoms with Crippen molar-refractivity contribution >= 4 is 25.1 Å². The Bertz CT molecular complexity index is 970. The number of carbonyl (C=O) groups excluding carboxylic acids is 1. The smallest absolute Gasteiger partial charge is 0.254 e. The van der Waals surface area contributed by atoms with Crippen LogP contribution in [0.1, 0.15) is 31.1 Å². The molecular weight excluding hydrogens is 394 g/mol. The third-order valence-electron chi connectivity index (χ3n) is 6.72. The SMILES string of the molecule is Cn1c(=O)cc(C(=O)N2CCN(CCO[Si](C)(C)C(C)(C)C)CC2)c2ccccc21. The lowest BCUT2D eigenvalue weighted by molar-refractivity contribution is 0.0619. The summed E-state index contributed by atoms with van der Waals surface area (Å²) in [5.41, 5.74) is 1.14. The molecule has 0 aliphatic carbocycles. The molecule has 0 atom stereocenters. The number of hydrogen-bond acceptors (Lipinski definition) is 4. The molecule has 2 aromatic rings. The monoisotopic (exact) mass is 429 g/mol. The molecule has 0 saturated carbocycles. The maximum Gasteiger partial charge on any atom is 0.254 e. The summed E-state index contributed by atoms with van der Waals surface area (Å²) in [5.74, 6) is -0.0546. The summed E-state index contributed by atoms with van der Waals surface area (Å²) in [5, 5.41) is 1.04. The minimum absolute atomic E-state index is 0.0546. The molecule has 1 saturated heterocycles. The Balaban J connectivity index is 1.61. The first-order valence-electron chi connectivity index (χ1n) is 10.8. The molecule has 164 valence electrons. The van der Waals surface area contributed by atoms with Crippen LogP contribution in [0.2, 0.25) is 18.1 Å². The average molecular weight is 430 g/mol. The number of nitrogens with zero attached hydrogens (tertiary/aromatic N) is 3. The molecule has 2 heterocycles. The van der Waals surface area contributed by atoms with Gasteiger partial charge in [-0.25, -0.2) is 0 Å². The number of benzene rings is 1. The summed E-state index contributed by atoms with van der Waals surface area (Å²) in [4.78, 5) is 29.7. The van der Waals surface area contributed by atoms with Gasteiger partial charge in [0.15, 0.2) is 8.32 Å². The first kappa shape index (κ1) is 22.7. The minimum Gasteiger partial charge on any atom is -0.416 e. The lowest BCUT2D eigenvalue weighted by Gasteiger charge is -2.38. The zero-order chi connectivity index (χ0) is 22.1. The van der Waals surface area contributed by atoms with E-state index in [2.05, 4.69) is 38.8 Å². The summed E-state index contributed by atoms with van der Waals surface area (Å²) in [7, 11) is 0.0158. The summed E-state index contributed by atoms with van der Waals surface area (Å²) < 4.78 is 7.88. The maximum atomic E-state index is 13.2. The largest absolute Gasteiger partial charge is 0.416 e. The molecule has 0 spiro atoms. The topological polar surface area (TPSA) is 54.8 Å². The lowest BCUT2D eigenvalue weighted by atomic mass is 10.1. The van der Waals surface area contributed by atoms with E-state index >= 15 is 0 Å². The van der Waals surface area contributed by atoms with Crippen LogP contribution >= 0.6 is 0 Å². The van der Waals surface area contributed by atoms with Gasteiger partial charge in [-0.1, -0.05) is 39.0 Å². The highest BCUT2D eigenvalue weighted by Crippen LogP contribution is 2.36. The minimum atomic E-state index is -1.72. The van der Waals surface area contributed by atoms with Crippen molar-refractivity contribution in [1.29, 1.82) is 0 Å². The van der Waals surface area contributed by atoms with Gasteiger partial charge in [0.1, 0.15) is 0 Å². The van der Waals surface area contributed by atoms with Crippen molar-refractivity contribution in [2.75, 3.05) is 39.3 Å². The van der Waals surface area contributed by atoms with Crippen molar-refractivity contribution in [1.82, 2.24) is 14.4 Å².